The Labute approximate surface area is 131 Å². The molecule has 7 nitrogen and oxygen atoms in total. The Balaban J connectivity index is 5.12. The van der Waals surface area contributed by atoms with Gasteiger partial charge in [-0.3, -0.25) is 4.79 Å². The van der Waals surface area contributed by atoms with Gasteiger partial charge in [-0.1, -0.05) is 0 Å². The normalized spacial score (nSPS) is 14.7. The molecule has 0 fully saturated rings. The average Bonchev–Trinajstić information content (AvgIpc) is 2.20. The highest BCUT2D eigenvalue weighted by molar-refractivity contribution is 5.86. The predicted octanol–water partition coefficient (Wildman–Crippen LogP) is 2.48. The summed E-state index contributed by atoms with van der Waals surface area (Å²) in [5, 5.41) is 11.2. The minimum absolute atomic E-state index is 0.101. The smallest absolute Gasteiger partial charge is 0.408 e. The zero-order valence-corrected chi connectivity index (χ0v) is 14.4. The number of carboxylic acid groups (broad SMARTS) is 1. The maximum absolute atomic E-state index is 12.3. The third-order valence-corrected chi connectivity index (χ3v) is 2.47. The molecule has 0 unspecified atom stereocenters. The van der Waals surface area contributed by atoms with E-state index in [4.69, 9.17) is 14.6 Å². The second kappa shape index (κ2) is 6.98. The molecule has 0 aliphatic rings. The van der Waals surface area contributed by atoms with Crippen LogP contribution in [0.4, 0.5) is 4.79 Å². The molecule has 0 aliphatic heterocycles. The van der Waals surface area contributed by atoms with Crippen LogP contribution in [0.1, 0.15) is 61.3 Å². The van der Waals surface area contributed by atoms with E-state index < -0.39 is 34.8 Å². The van der Waals surface area contributed by atoms with Crippen LogP contribution in [0.25, 0.3) is 0 Å². The molecule has 2 N–H and O–H groups in total. The Kier molecular flexibility index (Phi) is 6.41. The van der Waals surface area contributed by atoms with Gasteiger partial charge in [-0.2, -0.15) is 0 Å². The molecular weight excluding hydrogens is 290 g/mol. The summed E-state index contributed by atoms with van der Waals surface area (Å²) in [7, 11) is 0. The van der Waals surface area contributed by atoms with Gasteiger partial charge in [0.1, 0.15) is 16.7 Å². The summed E-state index contributed by atoms with van der Waals surface area (Å²) in [5.74, 6) is -1.77. The number of rotatable bonds is 5. The van der Waals surface area contributed by atoms with Gasteiger partial charge in [0.25, 0.3) is 0 Å². The predicted molar refractivity (Wildman–Crippen MR) is 80.5 cm³/mol. The summed E-state index contributed by atoms with van der Waals surface area (Å²) in [4.78, 5) is 35.0. The van der Waals surface area contributed by atoms with E-state index in [2.05, 4.69) is 5.32 Å². The van der Waals surface area contributed by atoms with Crippen molar-refractivity contribution in [3.63, 3.8) is 0 Å². The van der Waals surface area contributed by atoms with E-state index in [1.165, 1.54) is 6.92 Å². The molecule has 0 aromatic heterocycles. The lowest BCUT2D eigenvalue weighted by Gasteiger charge is -2.32. The molecule has 1 atom stereocenters. The van der Waals surface area contributed by atoms with Crippen molar-refractivity contribution in [1.82, 2.24) is 5.32 Å². The van der Waals surface area contributed by atoms with Crippen molar-refractivity contribution in [3.05, 3.63) is 0 Å². The lowest BCUT2D eigenvalue weighted by atomic mass is 9.95. The summed E-state index contributed by atoms with van der Waals surface area (Å²) >= 11 is 0. The quantitative estimate of drug-likeness (QED) is 0.755. The van der Waals surface area contributed by atoms with E-state index >= 15 is 0 Å². The lowest BCUT2D eigenvalue weighted by molar-refractivity contribution is -0.163. The maximum Gasteiger partial charge on any atom is 0.408 e. The first kappa shape index (κ1) is 20.2. The fourth-order valence-electron chi connectivity index (χ4n) is 1.49. The molecule has 128 valence electrons. The fourth-order valence-corrected chi connectivity index (χ4v) is 1.49. The van der Waals surface area contributed by atoms with E-state index in [-0.39, 0.29) is 12.8 Å². The van der Waals surface area contributed by atoms with Gasteiger partial charge < -0.3 is 19.9 Å². The lowest BCUT2D eigenvalue weighted by Crippen LogP contribution is -2.55. The van der Waals surface area contributed by atoms with Gasteiger partial charge in [0, 0.05) is 6.42 Å². The molecule has 1 amide bonds. The van der Waals surface area contributed by atoms with E-state index in [1.807, 2.05) is 0 Å². The molecule has 0 saturated heterocycles. The average molecular weight is 317 g/mol. The summed E-state index contributed by atoms with van der Waals surface area (Å²) < 4.78 is 10.4. The van der Waals surface area contributed by atoms with Crippen molar-refractivity contribution in [3.8, 4) is 0 Å². The second-order valence-corrected chi connectivity index (χ2v) is 7.35. The highest BCUT2D eigenvalue weighted by atomic mass is 16.6. The van der Waals surface area contributed by atoms with Gasteiger partial charge in [-0.05, 0) is 54.9 Å². The number of alkyl carbamates (subject to hydrolysis) is 1. The molecule has 0 rings (SSSR count). The Bertz CT molecular complexity index is 432. The van der Waals surface area contributed by atoms with Gasteiger partial charge in [-0.25, -0.2) is 9.59 Å². The van der Waals surface area contributed by atoms with Crippen molar-refractivity contribution in [2.75, 3.05) is 0 Å². The van der Waals surface area contributed by atoms with Crippen molar-refractivity contribution in [1.29, 1.82) is 0 Å². The van der Waals surface area contributed by atoms with Crippen molar-refractivity contribution >= 4 is 18.0 Å². The molecule has 0 aliphatic carbocycles. The summed E-state index contributed by atoms with van der Waals surface area (Å²) in [6, 6.07) is 0. The molecular formula is C15H27NO6. The molecule has 0 saturated carbocycles. The summed E-state index contributed by atoms with van der Waals surface area (Å²) in [5.41, 5.74) is -2.96. The van der Waals surface area contributed by atoms with Crippen LogP contribution in [-0.2, 0) is 19.1 Å². The number of carbonyl (C=O) groups excluding carboxylic acids is 2. The van der Waals surface area contributed by atoms with Gasteiger partial charge in [0.2, 0.25) is 0 Å². The first-order valence-electron chi connectivity index (χ1n) is 7.11. The Morgan fingerprint density at radius 3 is 1.73 bits per heavy atom. The van der Waals surface area contributed by atoms with Crippen LogP contribution in [0.2, 0.25) is 0 Å². The minimum Gasteiger partial charge on any atom is -0.481 e. The number of hydrogen-bond donors (Lipinski definition) is 2. The molecule has 22 heavy (non-hydrogen) atoms. The Morgan fingerprint density at radius 2 is 1.36 bits per heavy atom. The van der Waals surface area contributed by atoms with Crippen LogP contribution in [0, 0.1) is 0 Å². The zero-order chi connectivity index (χ0) is 17.8. The van der Waals surface area contributed by atoms with Crippen LogP contribution in [0.3, 0.4) is 0 Å². The maximum atomic E-state index is 12.3. The van der Waals surface area contributed by atoms with E-state index in [9.17, 15) is 14.4 Å². The number of amides is 1. The molecule has 0 spiro atoms. The number of esters is 1. The highest BCUT2D eigenvalue weighted by Crippen LogP contribution is 2.20. The Hall–Kier alpha value is -1.79. The van der Waals surface area contributed by atoms with Crippen molar-refractivity contribution in [2.45, 2.75) is 78.0 Å². The molecule has 0 heterocycles. The number of ether oxygens (including phenoxy) is 2. The van der Waals surface area contributed by atoms with Crippen molar-refractivity contribution in [2.24, 2.45) is 0 Å². The number of nitrogens with one attached hydrogen (secondary N) is 1. The zero-order valence-electron chi connectivity index (χ0n) is 14.4. The summed E-state index contributed by atoms with van der Waals surface area (Å²) in [6.45, 7) is 11.6. The van der Waals surface area contributed by atoms with E-state index in [0.717, 1.165) is 0 Å². The van der Waals surface area contributed by atoms with Crippen LogP contribution in [0.5, 0.6) is 0 Å². The van der Waals surface area contributed by atoms with Crippen LogP contribution in [0.15, 0.2) is 0 Å². The fraction of sp³-hybridized carbons (Fsp3) is 0.800. The SMILES string of the molecule is CC(C)(C)OC(=O)N[C@](C)(CCC(=O)O)C(=O)OC(C)(C)C. The second-order valence-electron chi connectivity index (χ2n) is 7.35. The van der Waals surface area contributed by atoms with Gasteiger partial charge >= 0.3 is 18.0 Å². The number of carbonyl (C=O) groups is 3. The van der Waals surface area contributed by atoms with Crippen molar-refractivity contribution < 1.29 is 29.0 Å². The van der Waals surface area contributed by atoms with Gasteiger partial charge in [-0.15, -0.1) is 0 Å². The van der Waals surface area contributed by atoms with E-state index in [0.29, 0.717) is 0 Å². The monoisotopic (exact) mass is 317 g/mol. The first-order valence-corrected chi connectivity index (χ1v) is 7.11. The molecule has 0 bridgehead atoms. The topological polar surface area (TPSA) is 102 Å². The first-order chi connectivity index (χ1) is 9.65. The third kappa shape index (κ3) is 8.49. The summed E-state index contributed by atoms with van der Waals surface area (Å²) in [6.07, 6.45) is -1.19. The number of carboxylic acids is 1. The van der Waals surface area contributed by atoms with Gasteiger partial charge in [0.05, 0.1) is 0 Å². The largest absolute Gasteiger partial charge is 0.481 e. The standard InChI is InChI=1S/C15H27NO6/c1-13(2,3)21-11(19)15(7,9-8-10(17)18)16-12(20)22-14(4,5)6/h8-9H2,1-7H3,(H,16,20)(H,17,18)/t15-/m1/s1. The Morgan fingerprint density at radius 1 is 0.909 bits per heavy atom. The van der Waals surface area contributed by atoms with Crippen LogP contribution < -0.4 is 5.32 Å². The number of aliphatic carboxylic acids is 1. The molecule has 0 aromatic carbocycles. The molecule has 7 heteroatoms. The van der Waals surface area contributed by atoms with E-state index in [1.54, 1.807) is 41.5 Å². The molecule has 0 aromatic rings. The van der Waals surface area contributed by atoms with Gasteiger partial charge in [0.15, 0.2) is 0 Å². The third-order valence-electron chi connectivity index (χ3n) is 2.47. The van der Waals surface area contributed by atoms with Crippen LogP contribution in [-0.4, -0.2) is 39.9 Å². The molecule has 0 radical (unpaired) electrons. The number of hydrogen-bond acceptors (Lipinski definition) is 5. The van der Waals surface area contributed by atoms with Crippen LogP contribution >= 0.6 is 0 Å². The minimum atomic E-state index is -1.48. The highest BCUT2D eigenvalue weighted by Gasteiger charge is 2.40.